The Morgan fingerprint density at radius 3 is 2.64 bits per heavy atom. The van der Waals surface area contributed by atoms with Gasteiger partial charge in [-0.1, -0.05) is 0 Å². The van der Waals surface area contributed by atoms with Crippen molar-refractivity contribution in [2.75, 3.05) is 31.2 Å². The van der Waals surface area contributed by atoms with E-state index in [1.807, 2.05) is 4.90 Å². The molecule has 82 valence electrons. The third-order valence-electron chi connectivity index (χ3n) is 2.21. The second-order valence-corrected chi connectivity index (χ2v) is 4.47. The minimum Gasteiger partial charge on any atom is -0.394 e. The highest BCUT2D eigenvalue weighted by Gasteiger charge is 2.17. The first-order valence-corrected chi connectivity index (χ1v) is 6.04. The molecule has 1 atom stereocenters. The molecule has 2 N–H and O–H groups in total. The monoisotopic (exact) mass is 219 g/mol. The molecule has 0 radical (unpaired) electrons. The van der Waals surface area contributed by atoms with Crippen LogP contribution in [0.5, 0.6) is 0 Å². The van der Waals surface area contributed by atoms with Gasteiger partial charge in [0.2, 0.25) is 5.91 Å². The molecule has 1 aliphatic rings. The highest BCUT2D eigenvalue weighted by Crippen LogP contribution is 2.11. The fraction of sp³-hybridized carbons (Fsp3) is 0.889. The number of nitrogens with zero attached hydrogens (tertiary/aromatic N) is 1. The molecular formula is C9H17NO3S. The van der Waals surface area contributed by atoms with Gasteiger partial charge in [-0.3, -0.25) is 4.79 Å². The topological polar surface area (TPSA) is 60.8 Å². The third kappa shape index (κ3) is 3.86. The van der Waals surface area contributed by atoms with Crippen molar-refractivity contribution in [3.8, 4) is 0 Å². The molecule has 0 bridgehead atoms. The maximum atomic E-state index is 11.5. The Balaban J connectivity index is 2.08. The molecule has 14 heavy (non-hydrogen) atoms. The molecule has 0 aromatic carbocycles. The third-order valence-corrected chi connectivity index (χ3v) is 3.28. The molecule has 0 aliphatic carbocycles. The van der Waals surface area contributed by atoms with Crippen molar-refractivity contribution in [1.82, 2.24) is 4.90 Å². The summed E-state index contributed by atoms with van der Waals surface area (Å²) in [4.78, 5) is 13.3. The highest BCUT2D eigenvalue weighted by molar-refractivity contribution is 7.99. The Labute approximate surface area is 88.3 Å². The second kappa shape index (κ2) is 6.27. The predicted molar refractivity (Wildman–Crippen MR) is 56.2 cm³/mol. The van der Waals surface area contributed by atoms with Crippen LogP contribution in [0.1, 0.15) is 12.8 Å². The highest BCUT2D eigenvalue weighted by atomic mass is 32.2. The number of aliphatic hydroxyl groups excluding tert-OH is 2. The summed E-state index contributed by atoms with van der Waals surface area (Å²) in [6.45, 7) is 1.52. The Morgan fingerprint density at radius 2 is 2.07 bits per heavy atom. The van der Waals surface area contributed by atoms with E-state index in [1.165, 1.54) is 11.8 Å². The van der Waals surface area contributed by atoms with E-state index in [0.29, 0.717) is 11.5 Å². The van der Waals surface area contributed by atoms with Gasteiger partial charge in [-0.2, -0.15) is 0 Å². The zero-order chi connectivity index (χ0) is 10.4. The lowest BCUT2D eigenvalue weighted by Gasteiger charge is -2.15. The molecule has 0 aromatic heterocycles. The van der Waals surface area contributed by atoms with Gasteiger partial charge in [0.1, 0.15) is 0 Å². The van der Waals surface area contributed by atoms with Crippen LogP contribution in [0.15, 0.2) is 0 Å². The molecule has 1 unspecified atom stereocenters. The van der Waals surface area contributed by atoms with Crippen molar-refractivity contribution in [2.24, 2.45) is 0 Å². The number of carbonyl (C=O) groups excluding carboxylic acids is 1. The van der Waals surface area contributed by atoms with Gasteiger partial charge >= 0.3 is 0 Å². The zero-order valence-corrected chi connectivity index (χ0v) is 9.00. The molecule has 1 fully saturated rings. The van der Waals surface area contributed by atoms with Crippen LogP contribution >= 0.6 is 11.8 Å². The summed E-state index contributed by atoms with van der Waals surface area (Å²) >= 11 is 1.38. The number of aliphatic hydroxyl groups is 2. The lowest BCUT2D eigenvalue weighted by molar-refractivity contribution is -0.127. The van der Waals surface area contributed by atoms with Gasteiger partial charge in [0.25, 0.3) is 0 Å². The van der Waals surface area contributed by atoms with Crippen molar-refractivity contribution < 1.29 is 15.0 Å². The van der Waals surface area contributed by atoms with Crippen LogP contribution < -0.4 is 0 Å². The lowest BCUT2D eigenvalue weighted by atomic mass is 10.4. The summed E-state index contributed by atoms with van der Waals surface area (Å²) in [7, 11) is 0. The Hall–Kier alpha value is -0.260. The minimum absolute atomic E-state index is 0.151. The number of hydrogen-bond acceptors (Lipinski definition) is 4. The van der Waals surface area contributed by atoms with E-state index >= 15 is 0 Å². The smallest absolute Gasteiger partial charge is 0.232 e. The van der Waals surface area contributed by atoms with E-state index in [2.05, 4.69) is 0 Å². The van der Waals surface area contributed by atoms with E-state index in [0.717, 1.165) is 25.9 Å². The van der Waals surface area contributed by atoms with Gasteiger partial charge < -0.3 is 15.1 Å². The van der Waals surface area contributed by atoms with Gasteiger partial charge in [-0.15, -0.1) is 11.8 Å². The van der Waals surface area contributed by atoms with Crippen LogP contribution in [0.25, 0.3) is 0 Å². The van der Waals surface area contributed by atoms with Crippen LogP contribution in [-0.4, -0.2) is 58.3 Å². The summed E-state index contributed by atoms with van der Waals surface area (Å²) in [5, 5.41) is 17.6. The van der Waals surface area contributed by atoms with Crippen molar-refractivity contribution in [2.45, 2.75) is 18.9 Å². The van der Waals surface area contributed by atoms with Crippen LogP contribution in [0, 0.1) is 0 Å². The number of thioether (sulfide) groups is 1. The quantitative estimate of drug-likeness (QED) is 0.666. The zero-order valence-electron chi connectivity index (χ0n) is 8.19. The number of amides is 1. The van der Waals surface area contributed by atoms with Gasteiger partial charge in [0, 0.05) is 18.8 Å². The first-order valence-electron chi connectivity index (χ1n) is 4.88. The number of likely N-dealkylation sites (tertiary alicyclic amines) is 1. The van der Waals surface area contributed by atoms with E-state index in [-0.39, 0.29) is 12.5 Å². The van der Waals surface area contributed by atoms with E-state index in [1.54, 1.807) is 0 Å². The van der Waals surface area contributed by atoms with Crippen molar-refractivity contribution in [1.29, 1.82) is 0 Å². The SMILES string of the molecule is O=C(CSCC(O)CO)N1CCCC1. The second-order valence-electron chi connectivity index (χ2n) is 3.44. The average Bonchev–Trinajstić information content (AvgIpc) is 2.70. The van der Waals surface area contributed by atoms with Gasteiger partial charge in [-0.05, 0) is 12.8 Å². The average molecular weight is 219 g/mol. The Bertz CT molecular complexity index is 183. The molecular weight excluding hydrogens is 202 g/mol. The van der Waals surface area contributed by atoms with Crippen molar-refractivity contribution in [3.63, 3.8) is 0 Å². The molecule has 4 nitrogen and oxygen atoms in total. The Morgan fingerprint density at radius 1 is 1.43 bits per heavy atom. The first kappa shape index (κ1) is 11.8. The Kier molecular flexibility index (Phi) is 5.29. The van der Waals surface area contributed by atoms with Gasteiger partial charge in [0.15, 0.2) is 0 Å². The van der Waals surface area contributed by atoms with E-state index in [4.69, 9.17) is 10.2 Å². The standard InChI is InChI=1S/C9H17NO3S/c11-5-8(12)6-14-7-9(13)10-3-1-2-4-10/h8,11-12H,1-7H2. The first-order chi connectivity index (χ1) is 6.74. The molecule has 0 saturated carbocycles. The molecule has 1 amide bonds. The summed E-state index contributed by atoms with van der Waals surface area (Å²) < 4.78 is 0. The molecule has 1 heterocycles. The fourth-order valence-corrected chi connectivity index (χ4v) is 2.25. The van der Waals surface area contributed by atoms with Gasteiger partial charge in [0.05, 0.1) is 18.5 Å². The lowest BCUT2D eigenvalue weighted by Crippen LogP contribution is -2.29. The summed E-state index contributed by atoms with van der Waals surface area (Å²) in [6.07, 6.45) is 1.51. The summed E-state index contributed by atoms with van der Waals surface area (Å²) in [5.74, 6) is 0.991. The largest absolute Gasteiger partial charge is 0.394 e. The number of hydrogen-bond donors (Lipinski definition) is 2. The molecule has 1 saturated heterocycles. The molecule has 5 heteroatoms. The van der Waals surface area contributed by atoms with Crippen LogP contribution in [0.4, 0.5) is 0 Å². The van der Waals surface area contributed by atoms with E-state index in [9.17, 15) is 4.79 Å². The van der Waals surface area contributed by atoms with Crippen LogP contribution in [0.3, 0.4) is 0 Å². The van der Waals surface area contributed by atoms with E-state index < -0.39 is 6.10 Å². The van der Waals surface area contributed by atoms with Crippen LogP contribution in [-0.2, 0) is 4.79 Å². The normalized spacial score (nSPS) is 18.6. The maximum absolute atomic E-state index is 11.5. The summed E-state index contributed by atoms with van der Waals surface area (Å²) in [5.41, 5.74) is 0. The summed E-state index contributed by atoms with van der Waals surface area (Å²) in [6, 6.07) is 0. The predicted octanol–water partition coefficient (Wildman–Crippen LogP) is -0.305. The van der Waals surface area contributed by atoms with Gasteiger partial charge in [-0.25, -0.2) is 0 Å². The van der Waals surface area contributed by atoms with Crippen LogP contribution in [0.2, 0.25) is 0 Å². The van der Waals surface area contributed by atoms with Crippen molar-refractivity contribution >= 4 is 17.7 Å². The number of carbonyl (C=O) groups is 1. The van der Waals surface area contributed by atoms with Crippen molar-refractivity contribution in [3.05, 3.63) is 0 Å². The minimum atomic E-state index is -0.702. The number of rotatable bonds is 5. The molecule has 0 aromatic rings. The molecule has 1 aliphatic heterocycles. The fourth-order valence-electron chi connectivity index (χ4n) is 1.39. The maximum Gasteiger partial charge on any atom is 0.232 e. The molecule has 0 spiro atoms. The molecule has 1 rings (SSSR count).